The van der Waals surface area contributed by atoms with Gasteiger partial charge in [-0.3, -0.25) is 9.59 Å². The monoisotopic (exact) mass is 313 g/mol. The Labute approximate surface area is 115 Å². The molecule has 0 aliphatic rings. The molecule has 1 atom stereocenters. The van der Waals surface area contributed by atoms with Crippen LogP contribution in [0, 0.1) is 0 Å². The fourth-order valence-electron chi connectivity index (χ4n) is 1.37. The molecule has 0 aliphatic carbocycles. The molecule has 1 amide bonds. The highest BCUT2D eigenvalue weighted by atomic mass is 79.9. The number of benzene rings is 1. The van der Waals surface area contributed by atoms with Gasteiger partial charge in [-0.15, -0.1) is 0 Å². The largest absolute Gasteiger partial charge is 0.496 e. The number of halogens is 1. The maximum atomic E-state index is 12.0. The van der Waals surface area contributed by atoms with Crippen molar-refractivity contribution in [1.29, 1.82) is 0 Å². The van der Waals surface area contributed by atoms with Crippen LogP contribution >= 0.6 is 15.9 Å². The summed E-state index contributed by atoms with van der Waals surface area (Å²) in [5.41, 5.74) is 0.257. The summed E-state index contributed by atoms with van der Waals surface area (Å²) < 4.78 is 5.81. The van der Waals surface area contributed by atoms with Crippen molar-refractivity contribution in [3.8, 4) is 5.75 Å². The van der Waals surface area contributed by atoms with Gasteiger partial charge in [0.1, 0.15) is 5.75 Å². The second-order valence-corrected chi connectivity index (χ2v) is 4.87. The highest BCUT2D eigenvalue weighted by molar-refractivity contribution is 9.10. The zero-order chi connectivity index (χ0) is 13.7. The van der Waals surface area contributed by atoms with Crippen molar-refractivity contribution in [3.05, 3.63) is 28.2 Å². The van der Waals surface area contributed by atoms with Crippen LogP contribution in [0.25, 0.3) is 0 Å². The highest BCUT2D eigenvalue weighted by Gasteiger charge is 2.21. The fourth-order valence-corrected chi connectivity index (χ4v) is 1.73. The van der Waals surface area contributed by atoms with E-state index < -0.39 is 11.7 Å². The lowest BCUT2D eigenvalue weighted by molar-refractivity contribution is -0.117. The van der Waals surface area contributed by atoms with E-state index in [9.17, 15) is 9.59 Å². The van der Waals surface area contributed by atoms with Crippen molar-refractivity contribution in [2.24, 2.45) is 0 Å². The summed E-state index contributed by atoms with van der Waals surface area (Å²) in [6.45, 7) is 3.79. The van der Waals surface area contributed by atoms with Gasteiger partial charge >= 0.3 is 0 Å². The Morgan fingerprint density at radius 2 is 2.11 bits per heavy atom. The molecule has 1 rings (SSSR count). The van der Waals surface area contributed by atoms with Crippen LogP contribution in [0.2, 0.25) is 0 Å². The number of carbonyl (C=O) groups is 2. The van der Waals surface area contributed by atoms with E-state index in [2.05, 4.69) is 21.2 Å². The molecule has 0 aromatic heterocycles. The quantitative estimate of drug-likeness (QED) is 0.671. The van der Waals surface area contributed by atoms with E-state index in [4.69, 9.17) is 4.74 Å². The van der Waals surface area contributed by atoms with Crippen LogP contribution in [0.4, 0.5) is 0 Å². The number of ether oxygens (including phenoxy) is 1. The average molecular weight is 314 g/mol. The molecule has 0 heterocycles. The Hall–Kier alpha value is -1.36. The normalized spacial score (nSPS) is 11.8. The minimum atomic E-state index is -0.610. The van der Waals surface area contributed by atoms with Crippen LogP contribution in [0.1, 0.15) is 30.6 Å². The number of methoxy groups -OCH3 is 1. The molecule has 1 unspecified atom stereocenters. The van der Waals surface area contributed by atoms with Crippen LogP contribution in [0.5, 0.6) is 5.75 Å². The Morgan fingerprint density at radius 1 is 1.44 bits per heavy atom. The molecule has 1 aromatic rings. The molecule has 0 fully saturated rings. The predicted octanol–water partition coefficient (Wildman–Crippen LogP) is 2.56. The van der Waals surface area contributed by atoms with Crippen molar-refractivity contribution in [1.82, 2.24) is 5.32 Å². The zero-order valence-corrected chi connectivity index (χ0v) is 12.2. The molecule has 0 bridgehead atoms. The molecule has 5 heteroatoms. The van der Waals surface area contributed by atoms with Gasteiger partial charge in [0.15, 0.2) is 0 Å². The SMILES string of the molecule is CCC(C)NC(=O)C(=O)c1cc(Br)ccc1OC. The minimum Gasteiger partial charge on any atom is -0.496 e. The summed E-state index contributed by atoms with van der Waals surface area (Å²) in [4.78, 5) is 23.8. The van der Waals surface area contributed by atoms with E-state index >= 15 is 0 Å². The lowest BCUT2D eigenvalue weighted by Crippen LogP contribution is -2.37. The first kappa shape index (κ1) is 14.7. The summed E-state index contributed by atoms with van der Waals surface area (Å²) in [7, 11) is 1.46. The summed E-state index contributed by atoms with van der Waals surface area (Å²) in [5, 5.41) is 2.64. The Bertz CT molecular complexity index is 460. The number of hydrogen-bond donors (Lipinski definition) is 1. The topological polar surface area (TPSA) is 55.4 Å². The van der Waals surface area contributed by atoms with Crippen LogP contribution in [0.15, 0.2) is 22.7 Å². The molecular formula is C13H16BrNO3. The molecule has 0 saturated carbocycles. The van der Waals surface area contributed by atoms with Gasteiger partial charge in [-0.2, -0.15) is 0 Å². The summed E-state index contributed by atoms with van der Waals surface area (Å²) in [6, 6.07) is 4.95. The van der Waals surface area contributed by atoms with Gasteiger partial charge in [0, 0.05) is 10.5 Å². The number of amides is 1. The first-order valence-electron chi connectivity index (χ1n) is 5.68. The maximum Gasteiger partial charge on any atom is 0.292 e. The van der Waals surface area contributed by atoms with E-state index in [1.54, 1.807) is 18.2 Å². The average Bonchev–Trinajstić information content (AvgIpc) is 2.37. The third kappa shape index (κ3) is 3.57. The van der Waals surface area contributed by atoms with E-state index in [1.165, 1.54) is 7.11 Å². The van der Waals surface area contributed by atoms with E-state index in [-0.39, 0.29) is 11.6 Å². The van der Waals surface area contributed by atoms with Crippen molar-refractivity contribution < 1.29 is 14.3 Å². The highest BCUT2D eigenvalue weighted by Crippen LogP contribution is 2.23. The molecule has 0 aliphatic heterocycles. The lowest BCUT2D eigenvalue weighted by atomic mass is 10.1. The third-order valence-corrected chi connectivity index (χ3v) is 3.10. The van der Waals surface area contributed by atoms with E-state index in [0.29, 0.717) is 5.75 Å². The summed E-state index contributed by atoms with van der Waals surface area (Å²) in [6.07, 6.45) is 0.772. The Kier molecular flexibility index (Phi) is 5.34. The molecule has 1 N–H and O–H groups in total. The first-order chi connectivity index (χ1) is 8.49. The van der Waals surface area contributed by atoms with Crippen molar-refractivity contribution >= 4 is 27.6 Å². The Balaban J connectivity index is 2.96. The molecule has 18 heavy (non-hydrogen) atoms. The summed E-state index contributed by atoms with van der Waals surface area (Å²) in [5.74, 6) is -0.809. The van der Waals surface area contributed by atoms with Gasteiger partial charge < -0.3 is 10.1 Å². The number of hydrogen-bond acceptors (Lipinski definition) is 3. The smallest absolute Gasteiger partial charge is 0.292 e. The number of Topliss-reactive ketones (excluding diaryl/α,β-unsaturated/α-hetero) is 1. The molecule has 0 saturated heterocycles. The van der Waals surface area contributed by atoms with Gasteiger partial charge in [0.05, 0.1) is 12.7 Å². The minimum absolute atomic E-state index is 0.0282. The van der Waals surface area contributed by atoms with Crippen LogP contribution in [-0.2, 0) is 4.79 Å². The summed E-state index contributed by atoms with van der Waals surface area (Å²) >= 11 is 3.27. The van der Waals surface area contributed by atoms with Gasteiger partial charge in [-0.1, -0.05) is 22.9 Å². The molecule has 1 aromatic carbocycles. The maximum absolute atomic E-state index is 12.0. The van der Waals surface area contributed by atoms with Crippen molar-refractivity contribution in [3.63, 3.8) is 0 Å². The standard InChI is InChI=1S/C13H16BrNO3/c1-4-8(2)15-13(17)12(16)10-7-9(14)5-6-11(10)18-3/h5-8H,4H2,1-3H3,(H,15,17). The number of carbonyl (C=O) groups excluding carboxylic acids is 2. The van der Waals surface area contributed by atoms with E-state index in [0.717, 1.165) is 10.9 Å². The van der Waals surface area contributed by atoms with Crippen LogP contribution in [0.3, 0.4) is 0 Å². The van der Waals surface area contributed by atoms with Gasteiger partial charge in [0.2, 0.25) is 0 Å². The number of nitrogens with one attached hydrogen (secondary N) is 1. The molecular weight excluding hydrogens is 298 g/mol. The fraction of sp³-hybridized carbons (Fsp3) is 0.385. The molecule has 4 nitrogen and oxygen atoms in total. The van der Waals surface area contributed by atoms with Crippen LogP contribution in [-0.4, -0.2) is 24.8 Å². The molecule has 0 spiro atoms. The Morgan fingerprint density at radius 3 is 2.67 bits per heavy atom. The number of ketones is 1. The number of rotatable bonds is 5. The molecule has 98 valence electrons. The van der Waals surface area contributed by atoms with E-state index in [1.807, 2.05) is 13.8 Å². The van der Waals surface area contributed by atoms with Gasteiger partial charge in [-0.25, -0.2) is 0 Å². The first-order valence-corrected chi connectivity index (χ1v) is 6.47. The van der Waals surface area contributed by atoms with Gasteiger partial charge in [0.25, 0.3) is 11.7 Å². The van der Waals surface area contributed by atoms with Gasteiger partial charge in [-0.05, 0) is 31.5 Å². The lowest BCUT2D eigenvalue weighted by Gasteiger charge is -2.12. The van der Waals surface area contributed by atoms with Crippen molar-refractivity contribution in [2.45, 2.75) is 26.3 Å². The molecule has 0 radical (unpaired) electrons. The second-order valence-electron chi connectivity index (χ2n) is 3.96. The van der Waals surface area contributed by atoms with Crippen LogP contribution < -0.4 is 10.1 Å². The third-order valence-electron chi connectivity index (χ3n) is 2.60. The zero-order valence-electron chi connectivity index (χ0n) is 10.6. The predicted molar refractivity (Wildman–Crippen MR) is 72.9 cm³/mol. The second kappa shape index (κ2) is 6.54. The van der Waals surface area contributed by atoms with Crippen molar-refractivity contribution in [2.75, 3.05) is 7.11 Å².